The summed E-state index contributed by atoms with van der Waals surface area (Å²) in [5.74, 6) is 1.45. The van der Waals surface area contributed by atoms with Crippen molar-refractivity contribution in [2.24, 2.45) is 0 Å². The predicted octanol–water partition coefficient (Wildman–Crippen LogP) is 2.61. The van der Waals surface area contributed by atoms with Gasteiger partial charge in [-0.1, -0.05) is 6.08 Å². The zero-order chi connectivity index (χ0) is 10.6. The Kier molecular flexibility index (Phi) is 3.57. The highest BCUT2D eigenvalue weighted by atomic mass is 16.5. The van der Waals surface area contributed by atoms with Crippen LogP contribution in [0.3, 0.4) is 0 Å². The Balaban J connectivity index is 3.15. The lowest BCUT2D eigenvalue weighted by atomic mass is 10.0. The van der Waals surface area contributed by atoms with Gasteiger partial charge in [0.2, 0.25) is 0 Å². The van der Waals surface area contributed by atoms with Gasteiger partial charge in [0.15, 0.2) is 11.5 Å². The number of methoxy groups -OCH3 is 2. The van der Waals surface area contributed by atoms with Crippen molar-refractivity contribution in [3.8, 4) is 11.5 Å². The van der Waals surface area contributed by atoms with Crippen LogP contribution in [0.25, 0.3) is 0 Å². The van der Waals surface area contributed by atoms with Gasteiger partial charge in [0.25, 0.3) is 0 Å². The van der Waals surface area contributed by atoms with E-state index in [1.807, 2.05) is 18.2 Å². The Hall–Kier alpha value is -1.44. The van der Waals surface area contributed by atoms with Crippen LogP contribution in [0.1, 0.15) is 11.1 Å². The second-order valence-corrected chi connectivity index (χ2v) is 2.97. The molecule has 0 heterocycles. The molecule has 0 atom stereocenters. The molecule has 1 aromatic carbocycles. The fraction of sp³-hybridized carbons (Fsp3) is 0.250. The van der Waals surface area contributed by atoms with Gasteiger partial charge in [-0.25, -0.2) is 0 Å². The maximum Gasteiger partial charge on any atom is 0.161 e. The number of hydrogen-bond acceptors (Lipinski definition) is 2. The fourth-order valence-corrected chi connectivity index (χ4v) is 1.31. The third-order valence-electron chi connectivity index (χ3n) is 2.07. The van der Waals surface area contributed by atoms with Crippen molar-refractivity contribution in [1.82, 2.24) is 0 Å². The van der Waals surface area contributed by atoms with Crippen LogP contribution in [-0.4, -0.2) is 14.2 Å². The van der Waals surface area contributed by atoms with Crippen molar-refractivity contribution < 1.29 is 9.47 Å². The largest absolute Gasteiger partial charge is 0.493 e. The Morgan fingerprint density at radius 2 is 1.79 bits per heavy atom. The smallest absolute Gasteiger partial charge is 0.161 e. The lowest BCUT2D eigenvalue weighted by Crippen LogP contribution is -1.95. The highest BCUT2D eigenvalue weighted by molar-refractivity contribution is 5.48. The fourth-order valence-electron chi connectivity index (χ4n) is 1.31. The van der Waals surface area contributed by atoms with Crippen LogP contribution in [0.4, 0.5) is 0 Å². The minimum Gasteiger partial charge on any atom is -0.493 e. The van der Waals surface area contributed by atoms with Crippen molar-refractivity contribution >= 4 is 0 Å². The number of hydrogen-bond donors (Lipinski definition) is 0. The minimum absolute atomic E-state index is 0.713. The second kappa shape index (κ2) is 4.70. The summed E-state index contributed by atoms with van der Waals surface area (Å²) < 4.78 is 10.4. The van der Waals surface area contributed by atoms with Crippen molar-refractivity contribution in [2.75, 3.05) is 14.2 Å². The molecule has 1 radical (unpaired) electrons. The lowest BCUT2D eigenvalue weighted by Gasteiger charge is -2.11. The maximum atomic E-state index is 5.19. The van der Waals surface area contributed by atoms with Gasteiger partial charge in [-0.05, 0) is 36.6 Å². The molecule has 0 N–H and O–H groups in total. The Labute approximate surface area is 85.2 Å². The first-order valence-electron chi connectivity index (χ1n) is 4.40. The lowest BCUT2D eigenvalue weighted by molar-refractivity contribution is 0.354. The van der Waals surface area contributed by atoms with Crippen LogP contribution >= 0.6 is 0 Å². The SMILES string of the molecule is [CH2]c1cc(OC)c(OC)cc1CC=C. The van der Waals surface area contributed by atoms with E-state index < -0.39 is 0 Å². The second-order valence-electron chi connectivity index (χ2n) is 2.97. The van der Waals surface area contributed by atoms with Crippen LogP contribution in [0.2, 0.25) is 0 Å². The van der Waals surface area contributed by atoms with Crippen molar-refractivity contribution in [2.45, 2.75) is 6.42 Å². The topological polar surface area (TPSA) is 18.5 Å². The van der Waals surface area contributed by atoms with Crippen molar-refractivity contribution in [3.05, 3.63) is 42.8 Å². The number of rotatable bonds is 4. The number of benzene rings is 1. The molecular weight excluding hydrogens is 176 g/mol. The molecule has 0 aliphatic heterocycles. The van der Waals surface area contributed by atoms with E-state index in [1.165, 1.54) is 0 Å². The van der Waals surface area contributed by atoms with E-state index in [0.717, 1.165) is 23.3 Å². The van der Waals surface area contributed by atoms with Crippen LogP contribution in [0, 0.1) is 6.92 Å². The monoisotopic (exact) mass is 191 g/mol. The van der Waals surface area contributed by atoms with Gasteiger partial charge in [-0.15, -0.1) is 6.58 Å². The third kappa shape index (κ3) is 2.08. The third-order valence-corrected chi connectivity index (χ3v) is 2.07. The van der Waals surface area contributed by atoms with Crippen LogP contribution < -0.4 is 9.47 Å². The van der Waals surface area contributed by atoms with E-state index >= 15 is 0 Å². The maximum absolute atomic E-state index is 5.19. The Bertz CT molecular complexity index is 329. The number of allylic oxidation sites excluding steroid dienone is 1. The Morgan fingerprint density at radius 3 is 2.29 bits per heavy atom. The summed E-state index contributed by atoms with van der Waals surface area (Å²) in [6, 6.07) is 3.81. The van der Waals surface area contributed by atoms with Gasteiger partial charge in [-0.3, -0.25) is 0 Å². The zero-order valence-corrected chi connectivity index (χ0v) is 8.67. The molecule has 2 nitrogen and oxygen atoms in total. The average molecular weight is 191 g/mol. The molecule has 14 heavy (non-hydrogen) atoms. The molecule has 0 spiro atoms. The van der Waals surface area contributed by atoms with Crippen molar-refractivity contribution in [3.63, 3.8) is 0 Å². The summed E-state index contributed by atoms with van der Waals surface area (Å²) in [5, 5.41) is 0. The standard InChI is InChI=1S/C12H15O2/c1-5-6-10-8-12(14-4)11(13-3)7-9(10)2/h5,7-8H,1-2,6H2,3-4H3. The van der Waals surface area contributed by atoms with Crippen molar-refractivity contribution in [1.29, 1.82) is 0 Å². The first-order chi connectivity index (χ1) is 6.72. The van der Waals surface area contributed by atoms with Crippen LogP contribution in [0.15, 0.2) is 24.8 Å². The molecule has 75 valence electrons. The van der Waals surface area contributed by atoms with Crippen LogP contribution in [0.5, 0.6) is 11.5 Å². The van der Waals surface area contributed by atoms with Gasteiger partial charge in [0, 0.05) is 0 Å². The first kappa shape index (κ1) is 10.6. The molecule has 0 unspecified atom stereocenters. The minimum atomic E-state index is 0.713. The highest BCUT2D eigenvalue weighted by Crippen LogP contribution is 2.30. The molecule has 2 heteroatoms. The predicted molar refractivity (Wildman–Crippen MR) is 57.9 cm³/mol. The van der Waals surface area contributed by atoms with E-state index in [4.69, 9.17) is 9.47 Å². The van der Waals surface area contributed by atoms with Gasteiger partial charge in [0.1, 0.15) is 0 Å². The summed E-state index contributed by atoms with van der Waals surface area (Å²) in [5.41, 5.74) is 2.06. The van der Waals surface area contributed by atoms with Gasteiger partial charge in [-0.2, -0.15) is 0 Å². The molecule has 0 saturated heterocycles. The molecule has 0 bridgehead atoms. The molecule has 0 fully saturated rings. The Morgan fingerprint density at radius 1 is 1.21 bits per heavy atom. The van der Waals surface area contributed by atoms with E-state index in [9.17, 15) is 0 Å². The highest BCUT2D eigenvalue weighted by Gasteiger charge is 2.06. The van der Waals surface area contributed by atoms with Gasteiger partial charge >= 0.3 is 0 Å². The molecule has 1 rings (SSSR count). The molecule has 1 aromatic rings. The molecule has 0 aliphatic rings. The summed E-state index contributed by atoms with van der Waals surface area (Å²) in [4.78, 5) is 0. The van der Waals surface area contributed by atoms with E-state index in [-0.39, 0.29) is 0 Å². The van der Waals surface area contributed by atoms with E-state index in [2.05, 4.69) is 13.5 Å². The molecule has 0 aromatic heterocycles. The molecule has 0 amide bonds. The van der Waals surface area contributed by atoms with Gasteiger partial charge < -0.3 is 9.47 Å². The quantitative estimate of drug-likeness (QED) is 0.681. The summed E-state index contributed by atoms with van der Waals surface area (Å²) in [6.45, 7) is 7.64. The molecule has 0 aliphatic carbocycles. The zero-order valence-electron chi connectivity index (χ0n) is 8.67. The average Bonchev–Trinajstić information content (AvgIpc) is 2.20. The van der Waals surface area contributed by atoms with E-state index in [0.29, 0.717) is 5.75 Å². The first-order valence-corrected chi connectivity index (χ1v) is 4.40. The molecule has 0 saturated carbocycles. The normalized spacial score (nSPS) is 9.64. The van der Waals surface area contributed by atoms with E-state index in [1.54, 1.807) is 14.2 Å². The summed E-state index contributed by atoms with van der Waals surface area (Å²) >= 11 is 0. The van der Waals surface area contributed by atoms with Crippen LogP contribution in [-0.2, 0) is 6.42 Å². The van der Waals surface area contributed by atoms with Gasteiger partial charge in [0.05, 0.1) is 14.2 Å². The number of ether oxygens (including phenoxy) is 2. The molecular formula is C12H15O2. The summed E-state index contributed by atoms with van der Waals surface area (Å²) in [7, 11) is 3.24. The summed E-state index contributed by atoms with van der Waals surface area (Å²) in [6.07, 6.45) is 2.63.